The Labute approximate surface area is 235 Å². The van der Waals surface area contributed by atoms with E-state index < -0.39 is 9.84 Å². The van der Waals surface area contributed by atoms with Crippen molar-refractivity contribution in [2.24, 2.45) is 0 Å². The van der Waals surface area contributed by atoms with Crippen LogP contribution in [-0.4, -0.2) is 69.5 Å². The highest BCUT2D eigenvalue weighted by Crippen LogP contribution is 2.27. The Hall–Kier alpha value is -3.95. The molecule has 0 bridgehead atoms. The van der Waals surface area contributed by atoms with E-state index in [-0.39, 0.29) is 16.6 Å². The number of aromatic nitrogens is 1. The van der Waals surface area contributed by atoms with Crippen LogP contribution in [0.5, 0.6) is 11.5 Å². The summed E-state index contributed by atoms with van der Waals surface area (Å²) in [5, 5.41) is 0.782. The van der Waals surface area contributed by atoms with Gasteiger partial charge in [-0.3, -0.25) is 14.7 Å². The Morgan fingerprint density at radius 1 is 0.900 bits per heavy atom. The second-order valence-corrected chi connectivity index (χ2v) is 11.9. The van der Waals surface area contributed by atoms with Gasteiger partial charge in [-0.1, -0.05) is 30.3 Å². The van der Waals surface area contributed by atoms with E-state index in [9.17, 15) is 13.2 Å². The van der Waals surface area contributed by atoms with Crippen molar-refractivity contribution in [2.75, 3.05) is 40.4 Å². The van der Waals surface area contributed by atoms with Gasteiger partial charge in [-0.2, -0.15) is 0 Å². The van der Waals surface area contributed by atoms with Gasteiger partial charge in [0, 0.05) is 61.5 Å². The number of benzene rings is 3. The van der Waals surface area contributed by atoms with E-state index in [2.05, 4.69) is 9.88 Å². The fraction of sp³-hybridized carbons (Fsp3) is 0.290. The lowest BCUT2D eigenvalue weighted by Crippen LogP contribution is -2.48. The van der Waals surface area contributed by atoms with Gasteiger partial charge in [-0.05, 0) is 48.4 Å². The van der Waals surface area contributed by atoms with E-state index in [0.29, 0.717) is 29.7 Å². The van der Waals surface area contributed by atoms with Gasteiger partial charge in [-0.25, -0.2) is 8.42 Å². The molecule has 208 valence electrons. The monoisotopic (exact) mass is 559 g/mol. The number of carbonyl (C=O) groups excluding carboxylic acids is 1. The van der Waals surface area contributed by atoms with Crippen LogP contribution >= 0.6 is 0 Å². The van der Waals surface area contributed by atoms with E-state index in [1.54, 1.807) is 56.8 Å². The van der Waals surface area contributed by atoms with E-state index in [4.69, 9.17) is 9.47 Å². The van der Waals surface area contributed by atoms with Crippen molar-refractivity contribution in [2.45, 2.75) is 24.1 Å². The highest BCUT2D eigenvalue weighted by Gasteiger charge is 2.25. The van der Waals surface area contributed by atoms with Crippen LogP contribution in [0.15, 0.2) is 77.8 Å². The van der Waals surface area contributed by atoms with E-state index in [1.807, 2.05) is 42.2 Å². The molecular formula is C31H33N3O5S. The number of sulfone groups is 1. The second kappa shape index (κ2) is 11.7. The fourth-order valence-electron chi connectivity index (χ4n) is 5.12. The van der Waals surface area contributed by atoms with Gasteiger partial charge in [-0.15, -0.1) is 0 Å². The fourth-order valence-corrected chi connectivity index (χ4v) is 6.76. The Kier molecular flexibility index (Phi) is 8.04. The van der Waals surface area contributed by atoms with Crippen molar-refractivity contribution in [1.29, 1.82) is 0 Å². The largest absolute Gasteiger partial charge is 0.497 e. The zero-order chi connectivity index (χ0) is 28.3. The SMILES string of the molecule is COc1ccc(CN2CCN(C(=O)c3ccc(CS(=O)(=O)c4cccc5cccnc45)c(C)c3)CC2)c(OC)c1. The third kappa shape index (κ3) is 5.80. The number of amides is 1. The minimum absolute atomic E-state index is 0.0440. The summed E-state index contributed by atoms with van der Waals surface area (Å²) in [5.74, 6) is 1.33. The first-order chi connectivity index (χ1) is 19.3. The molecule has 2 heterocycles. The van der Waals surface area contributed by atoms with Gasteiger partial charge in [0.2, 0.25) is 0 Å². The Bertz CT molecular complexity index is 1640. The number of hydrogen-bond donors (Lipinski definition) is 0. The maximum Gasteiger partial charge on any atom is 0.253 e. The predicted molar refractivity (Wildman–Crippen MR) is 155 cm³/mol. The number of fused-ring (bicyclic) bond motifs is 1. The lowest BCUT2D eigenvalue weighted by Gasteiger charge is -2.35. The summed E-state index contributed by atoms with van der Waals surface area (Å²) < 4.78 is 37.5. The highest BCUT2D eigenvalue weighted by atomic mass is 32.2. The summed E-state index contributed by atoms with van der Waals surface area (Å²) >= 11 is 0. The third-order valence-corrected chi connectivity index (χ3v) is 9.10. The van der Waals surface area contributed by atoms with Gasteiger partial charge in [0.05, 0.1) is 30.4 Å². The van der Waals surface area contributed by atoms with Crippen molar-refractivity contribution in [3.05, 3.63) is 95.2 Å². The second-order valence-electron chi connectivity index (χ2n) is 9.98. The maximum absolute atomic E-state index is 13.3. The highest BCUT2D eigenvalue weighted by molar-refractivity contribution is 7.90. The third-order valence-electron chi connectivity index (χ3n) is 7.41. The summed E-state index contributed by atoms with van der Waals surface area (Å²) in [7, 11) is -0.355. The van der Waals surface area contributed by atoms with Crippen LogP contribution < -0.4 is 9.47 Å². The molecule has 0 spiro atoms. The number of carbonyl (C=O) groups is 1. The molecule has 40 heavy (non-hydrogen) atoms. The molecule has 1 amide bonds. The molecule has 9 heteroatoms. The number of piperazine rings is 1. The van der Waals surface area contributed by atoms with Gasteiger partial charge in [0.1, 0.15) is 11.5 Å². The van der Waals surface area contributed by atoms with Crippen LogP contribution in [0.25, 0.3) is 10.9 Å². The molecule has 1 aliphatic heterocycles. The molecule has 0 saturated carbocycles. The Morgan fingerprint density at radius 2 is 1.65 bits per heavy atom. The first kappa shape index (κ1) is 27.6. The lowest BCUT2D eigenvalue weighted by atomic mass is 10.0. The molecule has 5 rings (SSSR count). The summed E-state index contributed by atoms with van der Waals surface area (Å²) in [4.78, 5) is 22.0. The topological polar surface area (TPSA) is 89.0 Å². The number of nitrogens with zero attached hydrogens (tertiary/aromatic N) is 3. The number of para-hydroxylation sites is 1. The van der Waals surface area contributed by atoms with E-state index >= 15 is 0 Å². The molecule has 0 N–H and O–H groups in total. The first-order valence-corrected chi connectivity index (χ1v) is 14.8. The molecule has 1 fully saturated rings. The van der Waals surface area contributed by atoms with Crippen LogP contribution in [0.3, 0.4) is 0 Å². The average Bonchev–Trinajstić information content (AvgIpc) is 2.98. The zero-order valence-electron chi connectivity index (χ0n) is 23.0. The van der Waals surface area contributed by atoms with E-state index in [0.717, 1.165) is 47.6 Å². The van der Waals surface area contributed by atoms with Gasteiger partial charge in [0.15, 0.2) is 9.84 Å². The first-order valence-electron chi connectivity index (χ1n) is 13.2. The average molecular weight is 560 g/mol. The van der Waals surface area contributed by atoms with Crippen molar-refractivity contribution >= 4 is 26.6 Å². The van der Waals surface area contributed by atoms with Gasteiger partial charge in [0.25, 0.3) is 5.91 Å². The summed E-state index contributed by atoms with van der Waals surface area (Å²) in [6.07, 6.45) is 1.60. The zero-order valence-corrected chi connectivity index (χ0v) is 23.8. The molecule has 0 atom stereocenters. The quantitative estimate of drug-likeness (QED) is 0.314. The number of rotatable bonds is 8. The van der Waals surface area contributed by atoms with Crippen LogP contribution in [-0.2, 0) is 22.1 Å². The molecule has 1 aromatic heterocycles. The molecule has 0 radical (unpaired) electrons. The van der Waals surface area contributed by atoms with Crippen molar-refractivity contribution in [3.8, 4) is 11.5 Å². The normalized spacial score (nSPS) is 14.3. The predicted octanol–water partition coefficient (Wildman–Crippen LogP) is 4.49. The molecule has 1 saturated heterocycles. The molecule has 4 aromatic rings. The van der Waals surface area contributed by atoms with Crippen LogP contribution in [0.1, 0.15) is 27.0 Å². The van der Waals surface area contributed by atoms with Gasteiger partial charge >= 0.3 is 0 Å². The molecule has 3 aromatic carbocycles. The van der Waals surface area contributed by atoms with Crippen molar-refractivity contribution in [3.63, 3.8) is 0 Å². The summed E-state index contributed by atoms with van der Waals surface area (Å²) in [6.45, 7) is 5.29. The van der Waals surface area contributed by atoms with Crippen molar-refractivity contribution < 1.29 is 22.7 Å². The number of methoxy groups -OCH3 is 2. The molecule has 8 nitrogen and oxygen atoms in total. The number of ether oxygens (including phenoxy) is 2. The van der Waals surface area contributed by atoms with Crippen LogP contribution in [0, 0.1) is 6.92 Å². The minimum atomic E-state index is -3.64. The maximum atomic E-state index is 13.3. The molecule has 0 unspecified atom stereocenters. The summed E-state index contributed by atoms with van der Waals surface area (Å²) in [5.41, 5.74) is 3.55. The van der Waals surface area contributed by atoms with E-state index in [1.165, 1.54) is 0 Å². The standard InChI is InChI=1S/C31H33N3O5S/c1-22-18-24(9-10-26(22)21-40(36,37)29-8-4-6-23-7-5-13-32-30(23)29)31(35)34-16-14-33(15-17-34)20-25-11-12-27(38-2)19-28(25)39-3/h4-13,18-19H,14-17,20-21H2,1-3H3. The number of aryl methyl sites for hydroxylation is 1. The number of pyridine rings is 1. The lowest BCUT2D eigenvalue weighted by molar-refractivity contribution is 0.0627. The smallest absolute Gasteiger partial charge is 0.253 e. The molecule has 1 aliphatic rings. The number of hydrogen-bond acceptors (Lipinski definition) is 7. The van der Waals surface area contributed by atoms with Crippen LogP contribution in [0.2, 0.25) is 0 Å². The summed E-state index contributed by atoms with van der Waals surface area (Å²) in [6, 6.07) is 19.9. The Morgan fingerprint density at radius 3 is 2.38 bits per heavy atom. The molecule has 0 aliphatic carbocycles. The van der Waals surface area contributed by atoms with Crippen molar-refractivity contribution in [1.82, 2.24) is 14.8 Å². The van der Waals surface area contributed by atoms with Crippen LogP contribution in [0.4, 0.5) is 0 Å². The van der Waals surface area contributed by atoms with Gasteiger partial charge < -0.3 is 14.4 Å². The Balaban J connectivity index is 1.23. The molecular weight excluding hydrogens is 526 g/mol. The minimum Gasteiger partial charge on any atom is -0.497 e.